The number of aromatic nitrogens is 1. The molecule has 0 N–H and O–H groups in total. The zero-order valence-corrected chi connectivity index (χ0v) is 9.10. The first-order valence-electron chi connectivity index (χ1n) is 4.37. The summed E-state index contributed by atoms with van der Waals surface area (Å²) >= 11 is 2.96. The van der Waals surface area contributed by atoms with Crippen LogP contribution in [0.4, 0.5) is 13.2 Å². The fraction of sp³-hybridized carbons (Fsp3) is 0.444. The number of nitrogens with zero attached hydrogens (tertiary/aromatic N) is 1. The molecule has 1 saturated carbocycles. The minimum absolute atomic E-state index is 0.0911. The second-order valence-corrected chi connectivity index (χ2v) is 4.04. The van der Waals surface area contributed by atoms with Crippen LogP contribution in [0, 0.1) is 0 Å². The monoisotopic (exact) mass is 281 g/mol. The maximum Gasteiger partial charge on any atom is 0.420 e. The predicted octanol–water partition coefficient (Wildman–Crippen LogP) is 3.40. The number of hydrogen-bond acceptors (Lipinski definition) is 2. The van der Waals surface area contributed by atoms with Gasteiger partial charge in [-0.25, -0.2) is 4.98 Å². The largest absolute Gasteiger partial charge is 0.487 e. The minimum Gasteiger partial charge on any atom is -0.487 e. The van der Waals surface area contributed by atoms with Crippen molar-refractivity contribution in [2.45, 2.75) is 25.1 Å². The Kier molecular flexibility index (Phi) is 2.62. The highest BCUT2D eigenvalue weighted by molar-refractivity contribution is 9.10. The van der Waals surface area contributed by atoms with Gasteiger partial charge in [-0.05, 0) is 34.8 Å². The van der Waals surface area contributed by atoms with Crippen LogP contribution in [0.1, 0.15) is 18.4 Å². The van der Waals surface area contributed by atoms with Crippen LogP contribution in [0.25, 0.3) is 0 Å². The molecule has 1 fully saturated rings. The van der Waals surface area contributed by atoms with Gasteiger partial charge < -0.3 is 4.74 Å². The molecule has 0 bridgehead atoms. The lowest BCUT2D eigenvalue weighted by molar-refractivity contribution is -0.139. The molecule has 2 nitrogen and oxygen atoms in total. The van der Waals surface area contributed by atoms with Crippen molar-refractivity contribution in [3.8, 4) is 5.75 Å². The lowest BCUT2D eigenvalue weighted by Gasteiger charge is -2.13. The van der Waals surface area contributed by atoms with E-state index in [-0.39, 0.29) is 16.5 Å². The van der Waals surface area contributed by atoms with Gasteiger partial charge in [0.2, 0.25) is 0 Å². The first-order valence-corrected chi connectivity index (χ1v) is 5.16. The smallest absolute Gasteiger partial charge is 0.420 e. The van der Waals surface area contributed by atoms with Gasteiger partial charge in [0.1, 0.15) is 10.2 Å². The van der Waals surface area contributed by atoms with Crippen molar-refractivity contribution in [1.82, 2.24) is 4.98 Å². The summed E-state index contributed by atoms with van der Waals surface area (Å²) in [5.74, 6) is -0.201. The van der Waals surface area contributed by atoms with Crippen LogP contribution in [-0.4, -0.2) is 11.1 Å². The molecular weight excluding hydrogens is 275 g/mol. The van der Waals surface area contributed by atoms with E-state index in [0.29, 0.717) is 0 Å². The van der Waals surface area contributed by atoms with Crippen molar-refractivity contribution in [3.05, 3.63) is 22.4 Å². The Morgan fingerprint density at radius 1 is 1.40 bits per heavy atom. The quantitative estimate of drug-likeness (QED) is 0.775. The number of rotatable bonds is 2. The fourth-order valence-corrected chi connectivity index (χ4v) is 1.54. The van der Waals surface area contributed by atoms with E-state index in [0.717, 1.165) is 25.1 Å². The zero-order chi connectivity index (χ0) is 11.1. The highest BCUT2D eigenvalue weighted by atomic mass is 79.9. The molecular formula is C9H7BrF3NO. The van der Waals surface area contributed by atoms with Gasteiger partial charge in [0.25, 0.3) is 0 Å². The second kappa shape index (κ2) is 3.66. The number of pyridine rings is 1. The maximum absolute atomic E-state index is 12.6. The normalized spacial score (nSPS) is 16.5. The Balaban J connectivity index is 2.38. The van der Waals surface area contributed by atoms with E-state index >= 15 is 0 Å². The molecule has 0 saturated heterocycles. The molecule has 6 heteroatoms. The molecule has 82 valence electrons. The average molecular weight is 282 g/mol. The van der Waals surface area contributed by atoms with Gasteiger partial charge in [-0.3, -0.25) is 0 Å². The third-order valence-electron chi connectivity index (χ3n) is 1.98. The van der Waals surface area contributed by atoms with Gasteiger partial charge in [-0.15, -0.1) is 0 Å². The summed E-state index contributed by atoms with van der Waals surface area (Å²) < 4.78 is 43.0. The number of halogens is 4. The van der Waals surface area contributed by atoms with Gasteiger partial charge in [0.05, 0.1) is 6.10 Å². The molecule has 1 aromatic rings. The van der Waals surface area contributed by atoms with Crippen molar-refractivity contribution < 1.29 is 17.9 Å². The van der Waals surface area contributed by atoms with Crippen LogP contribution < -0.4 is 4.74 Å². The summed E-state index contributed by atoms with van der Waals surface area (Å²) in [6, 6.07) is 0.919. The van der Waals surface area contributed by atoms with Crippen molar-refractivity contribution in [2.24, 2.45) is 0 Å². The third kappa shape index (κ3) is 2.42. The highest BCUT2D eigenvalue weighted by Gasteiger charge is 2.37. The molecule has 0 atom stereocenters. The van der Waals surface area contributed by atoms with E-state index in [1.54, 1.807) is 0 Å². The molecule has 0 aromatic carbocycles. The van der Waals surface area contributed by atoms with Crippen LogP contribution in [-0.2, 0) is 6.18 Å². The van der Waals surface area contributed by atoms with Crippen LogP contribution in [0.5, 0.6) is 5.75 Å². The van der Waals surface area contributed by atoms with Crippen molar-refractivity contribution in [2.75, 3.05) is 0 Å². The summed E-state index contributed by atoms with van der Waals surface area (Å²) in [6.07, 6.45) is -1.79. The standard InChI is InChI=1S/C9H7BrF3NO/c10-8-7(15-5-1-2-5)6(3-4-14-8)9(11,12)13/h3-5H,1-2H2. The SMILES string of the molecule is FC(F)(F)c1ccnc(Br)c1OC1CC1. The zero-order valence-electron chi connectivity index (χ0n) is 7.51. The van der Waals surface area contributed by atoms with E-state index in [1.165, 1.54) is 0 Å². The lowest BCUT2D eigenvalue weighted by atomic mass is 10.2. The van der Waals surface area contributed by atoms with Crippen LogP contribution in [0.2, 0.25) is 0 Å². The van der Waals surface area contributed by atoms with Gasteiger partial charge in [-0.2, -0.15) is 13.2 Å². The minimum atomic E-state index is -4.41. The third-order valence-corrected chi connectivity index (χ3v) is 2.54. The summed E-state index contributed by atoms with van der Waals surface area (Å²) in [4.78, 5) is 3.73. The molecule has 0 aliphatic heterocycles. The molecule has 1 heterocycles. The van der Waals surface area contributed by atoms with Crippen molar-refractivity contribution >= 4 is 15.9 Å². The van der Waals surface area contributed by atoms with Crippen molar-refractivity contribution in [3.63, 3.8) is 0 Å². The summed E-state index contributed by atoms with van der Waals surface area (Å²) in [7, 11) is 0. The number of ether oxygens (including phenoxy) is 1. The summed E-state index contributed by atoms with van der Waals surface area (Å²) in [5, 5.41) is 0. The molecule has 0 radical (unpaired) electrons. The van der Waals surface area contributed by atoms with E-state index in [9.17, 15) is 13.2 Å². The molecule has 0 amide bonds. The van der Waals surface area contributed by atoms with E-state index < -0.39 is 11.7 Å². The van der Waals surface area contributed by atoms with Crippen LogP contribution >= 0.6 is 15.9 Å². The maximum atomic E-state index is 12.6. The number of hydrogen-bond donors (Lipinski definition) is 0. The Hall–Kier alpha value is -0.780. The Labute approximate surface area is 92.6 Å². The lowest BCUT2D eigenvalue weighted by Crippen LogP contribution is -2.10. The number of alkyl halides is 3. The molecule has 1 aliphatic rings. The molecule has 2 rings (SSSR count). The van der Waals surface area contributed by atoms with Gasteiger partial charge in [0.15, 0.2) is 5.75 Å². The Morgan fingerprint density at radius 3 is 2.60 bits per heavy atom. The first-order chi connectivity index (χ1) is 6.98. The van der Waals surface area contributed by atoms with E-state index in [2.05, 4.69) is 20.9 Å². The molecule has 1 aromatic heterocycles. The topological polar surface area (TPSA) is 22.1 Å². The highest BCUT2D eigenvalue weighted by Crippen LogP contribution is 2.41. The molecule has 0 spiro atoms. The molecule has 15 heavy (non-hydrogen) atoms. The summed E-state index contributed by atoms with van der Waals surface area (Å²) in [5.41, 5.74) is -0.781. The van der Waals surface area contributed by atoms with E-state index in [1.807, 2.05) is 0 Å². The second-order valence-electron chi connectivity index (χ2n) is 3.29. The molecule has 1 aliphatic carbocycles. The van der Waals surface area contributed by atoms with Gasteiger partial charge >= 0.3 is 6.18 Å². The Bertz CT molecular complexity index is 376. The van der Waals surface area contributed by atoms with Crippen LogP contribution in [0.15, 0.2) is 16.9 Å². The molecule has 0 unspecified atom stereocenters. The fourth-order valence-electron chi connectivity index (χ4n) is 1.11. The predicted molar refractivity (Wildman–Crippen MR) is 50.6 cm³/mol. The van der Waals surface area contributed by atoms with Crippen LogP contribution in [0.3, 0.4) is 0 Å². The van der Waals surface area contributed by atoms with E-state index in [4.69, 9.17) is 4.74 Å². The first kappa shape index (κ1) is 10.7. The summed E-state index contributed by atoms with van der Waals surface area (Å²) in [6.45, 7) is 0. The Morgan fingerprint density at radius 2 is 2.07 bits per heavy atom. The van der Waals surface area contributed by atoms with Crippen molar-refractivity contribution in [1.29, 1.82) is 0 Å². The van der Waals surface area contributed by atoms with Gasteiger partial charge in [-0.1, -0.05) is 0 Å². The van der Waals surface area contributed by atoms with Gasteiger partial charge in [0, 0.05) is 6.20 Å². The average Bonchev–Trinajstić information content (AvgIpc) is 2.90.